The molecule has 0 aliphatic carbocycles. The molecule has 4 nitrogen and oxygen atoms in total. The Morgan fingerprint density at radius 1 is 1.19 bits per heavy atom. The van der Waals surface area contributed by atoms with Gasteiger partial charge in [-0.15, -0.1) is 0 Å². The average molecular weight is 361 g/mol. The van der Waals surface area contributed by atoms with Gasteiger partial charge in [0.1, 0.15) is 5.84 Å². The number of aliphatic imine (C=N–C) groups is 1. The summed E-state index contributed by atoms with van der Waals surface area (Å²) in [4.78, 5) is 19.8. The number of piperidine rings is 1. The van der Waals surface area contributed by atoms with Crippen molar-refractivity contribution in [3.05, 3.63) is 70.8 Å². The van der Waals surface area contributed by atoms with E-state index in [1.165, 1.54) is 17.5 Å². The highest BCUT2D eigenvalue weighted by atomic mass is 16.2. The Kier molecular flexibility index (Phi) is 5.23. The van der Waals surface area contributed by atoms with Crippen LogP contribution in [0.1, 0.15) is 46.3 Å². The maximum absolute atomic E-state index is 13.3. The van der Waals surface area contributed by atoms with Crippen molar-refractivity contribution >= 4 is 11.7 Å². The van der Waals surface area contributed by atoms with Gasteiger partial charge in [-0.05, 0) is 55.4 Å². The molecule has 0 bridgehead atoms. The van der Waals surface area contributed by atoms with Gasteiger partial charge in [-0.3, -0.25) is 9.79 Å². The van der Waals surface area contributed by atoms with Gasteiger partial charge in [-0.2, -0.15) is 0 Å². The third-order valence-electron chi connectivity index (χ3n) is 5.72. The van der Waals surface area contributed by atoms with E-state index in [-0.39, 0.29) is 11.9 Å². The van der Waals surface area contributed by atoms with Crippen LogP contribution >= 0.6 is 0 Å². The molecule has 2 heterocycles. The number of nitrogens with one attached hydrogen (secondary N) is 1. The van der Waals surface area contributed by atoms with Crippen molar-refractivity contribution in [1.29, 1.82) is 0 Å². The first kappa shape index (κ1) is 17.8. The van der Waals surface area contributed by atoms with Crippen molar-refractivity contribution < 1.29 is 4.79 Å². The Labute approximate surface area is 161 Å². The number of likely N-dealkylation sites (tertiary alicyclic amines) is 1. The molecule has 1 saturated heterocycles. The molecule has 2 aliphatic heterocycles. The highest BCUT2D eigenvalue weighted by molar-refractivity contribution is 6.04. The van der Waals surface area contributed by atoms with E-state index in [0.717, 1.165) is 55.7 Å². The van der Waals surface area contributed by atoms with Gasteiger partial charge in [0.2, 0.25) is 0 Å². The Hall–Kier alpha value is -2.62. The van der Waals surface area contributed by atoms with Gasteiger partial charge in [-0.1, -0.05) is 36.4 Å². The van der Waals surface area contributed by atoms with Gasteiger partial charge < -0.3 is 10.2 Å². The minimum Gasteiger partial charge on any atom is -0.370 e. The Morgan fingerprint density at radius 3 is 2.85 bits per heavy atom. The first-order valence-electron chi connectivity index (χ1n) is 9.95. The summed E-state index contributed by atoms with van der Waals surface area (Å²) in [7, 11) is 1.80. The molecule has 0 spiro atoms. The molecule has 1 amide bonds. The van der Waals surface area contributed by atoms with Gasteiger partial charge in [-0.25, -0.2) is 0 Å². The first-order chi connectivity index (χ1) is 13.3. The van der Waals surface area contributed by atoms with Gasteiger partial charge >= 0.3 is 0 Å². The third-order valence-corrected chi connectivity index (χ3v) is 5.72. The molecule has 27 heavy (non-hydrogen) atoms. The Balaban J connectivity index is 1.59. The molecule has 4 heteroatoms. The zero-order valence-corrected chi connectivity index (χ0v) is 15.9. The number of hydrogen-bond donors (Lipinski definition) is 1. The molecule has 0 aromatic heterocycles. The van der Waals surface area contributed by atoms with Crippen LogP contribution in [-0.2, 0) is 12.8 Å². The molecule has 2 aromatic rings. The predicted octanol–water partition coefficient (Wildman–Crippen LogP) is 3.45. The lowest BCUT2D eigenvalue weighted by Gasteiger charge is -2.36. The molecule has 0 unspecified atom stereocenters. The van der Waals surface area contributed by atoms with Crippen LogP contribution < -0.4 is 5.32 Å². The molecule has 140 valence electrons. The molecule has 1 atom stereocenters. The van der Waals surface area contributed by atoms with Crippen molar-refractivity contribution in [2.24, 2.45) is 4.99 Å². The van der Waals surface area contributed by atoms with Crippen LogP contribution in [0.25, 0.3) is 0 Å². The fourth-order valence-corrected chi connectivity index (χ4v) is 4.29. The Bertz CT molecular complexity index is 844. The summed E-state index contributed by atoms with van der Waals surface area (Å²) >= 11 is 0. The minimum atomic E-state index is 0.152. The molecule has 1 fully saturated rings. The number of nitrogens with zero attached hydrogens (tertiary/aromatic N) is 2. The lowest BCUT2D eigenvalue weighted by Crippen LogP contribution is -2.45. The standard InChI is InChI=1S/C23H27N3O/c1-24-22-21-16-19(11-10-18(21)12-13-25-22)23(27)26-14-6-5-9-20(26)15-17-7-3-2-4-8-17/h2-4,7-8,10-11,16,20H,5-6,9,12-15H2,1H3,(H,24,25)/t20-/m0/s1. The Morgan fingerprint density at radius 2 is 2.04 bits per heavy atom. The molecule has 2 aliphatic rings. The van der Waals surface area contributed by atoms with Gasteiger partial charge in [0.15, 0.2) is 0 Å². The third kappa shape index (κ3) is 3.75. The van der Waals surface area contributed by atoms with Crippen molar-refractivity contribution in [2.45, 2.75) is 38.1 Å². The van der Waals surface area contributed by atoms with E-state index in [9.17, 15) is 4.79 Å². The number of hydrogen-bond acceptors (Lipinski definition) is 2. The van der Waals surface area contributed by atoms with E-state index in [1.807, 2.05) is 18.2 Å². The SMILES string of the molecule is CN=C1NCCc2ccc(C(=O)N3CCCC[C@H]3Cc3ccccc3)cc21. The van der Waals surface area contributed by atoms with Gasteiger partial charge in [0.05, 0.1) is 0 Å². The number of carbonyl (C=O) groups is 1. The van der Waals surface area contributed by atoms with Crippen LogP contribution in [0, 0.1) is 0 Å². The highest BCUT2D eigenvalue weighted by Crippen LogP contribution is 2.24. The maximum atomic E-state index is 13.3. The lowest BCUT2D eigenvalue weighted by atomic mass is 9.93. The van der Waals surface area contributed by atoms with Crippen molar-refractivity contribution in [3.63, 3.8) is 0 Å². The fourth-order valence-electron chi connectivity index (χ4n) is 4.29. The van der Waals surface area contributed by atoms with E-state index in [2.05, 4.69) is 45.5 Å². The summed E-state index contributed by atoms with van der Waals surface area (Å²) in [5, 5.41) is 3.34. The number of amidine groups is 1. The number of amides is 1. The topological polar surface area (TPSA) is 44.7 Å². The average Bonchev–Trinajstić information content (AvgIpc) is 2.73. The van der Waals surface area contributed by atoms with Crippen LogP contribution in [0.15, 0.2) is 53.5 Å². The van der Waals surface area contributed by atoms with Crippen LogP contribution in [0.2, 0.25) is 0 Å². The zero-order valence-electron chi connectivity index (χ0n) is 15.9. The largest absolute Gasteiger partial charge is 0.370 e. The monoisotopic (exact) mass is 361 g/mol. The van der Waals surface area contributed by atoms with Crippen LogP contribution in [0.5, 0.6) is 0 Å². The van der Waals surface area contributed by atoms with Crippen molar-refractivity contribution in [3.8, 4) is 0 Å². The number of rotatable bonds is 3. The van der Waals surface area contributed by atoms with Crippen LogP contribution in [-0.4, -0.2) is 42.8 Å². The van der Waals surface area contributed by atoms with E-state index in [1.54, 1.807) is 7.05 Å². The van der Waals surface area contributed by atoms with Crippen molar-refractivity contribution in [1.82, 2.24) is 10.2 Å². The fraction of sp³-hybridized carbons (Fsp3) is 0.391. The number of carbonyl (C=O) groups excluding carboxylic acids is 1. The molecule has 0 radical (unpaired) electrons. The smallest absolute Gasteiger partial charge is 0.254 e. The highest BCUT2D eigenvalue weighted by Gasteiger charge is 2.28. The van der Waals surface area contributed by atoms with E-state index >= 15 is 0 Å². The summed E-state index contributed by atoms with van der Waals surface area (Å²) in [6.07, 6.45) is 5.27. The lowest BCUT2D eigenvalue weighted by molar-refractivity contribution is 0.0613. The summed E-state index contributed by atoms with van der Waals surface area (Å²) in [5.41, 5.74) is 4.42. The van der Waals surface area contributed by atoms with Gasteiger partial charge in [0.25, 0.3) is 5.91 Å². The number of benzene rings is 2. The second-order valence-electron chi connectivity index (χ2n) is 7.46. The minimum absolute atomic E-state index is 0.152. The molecule has 4 rings (SSSR count). The summed E-state index contributed by atoms with van der Waals surface area (Å²) in [6, 6.07) is 16.9. The maximum Gasteiger partial charge on any atom is 0.254 e. The van der Waals surface area contributed by atoms with E-state index in [0.29, 0.717) is 0 Å². The van der Waals surface area contributed by atoms with E-state index < -0.39 is 0 Å². The van der Waals surface area contributed by atoms with Gasteiger partial charge in [0, 0.05) is 37.3 Å². The summed E-state index contributed by atoms with van der Waals surface area (Å²) in [6.45, 7) is 1.75. The zero-order chi connectivity index (χ0) is 18.6. The van der Waals surface area contributed by atoms with Crippen molar-refractivity contribution in [2.75, 3.05) is 20.1 Å². The first-order valence-corrected chi connectivity index (χ1v) is 9.95. The predicted molar refractivity (Wildman–Crippen MR) is 109 cm³/mol. The molecule has 2 aromatic carbocycles. The second-order valence-corrected chi connectivity index (χ2v) is 7.46. The molecule has 1 N–H and O–H groups in total. The summed E-state index contributed by atoms with van der Waals surface area (Å²) < 4.78 is 0. The molecular formula is C23H27N3O. The summed E-state index contributed by atoms with van der Waals surface area (Å²) in [5.74, 6) is 1.05. The van der Waals surface area contributed by atoms with E-state index in [4.69, 9.17) is 0 Å². The quantitative estimate of drug-likeness (QED) is 0.910. The number of fused-ring (bicyclic) bond motifs is 1. The molecular weight excluding hydrogens is 334 g/mol. The second kappa shape index (κ2) is 7.95. The normalized spacial score (nSPS) is 20.9. The van der Waals surface area contributed by atoms with Crippen LogP contribution in [0.4, 0.5) is 0 Å². The molecule has 0 saturated carbocycles. The van der Waals surface area contributed by atoms with Crippen LogP contribution in [0.3, 0.4) is 0 Å².